The minimum atomic E-state index is -0.138. The molecule has 1 aliphatic heterocycles. The summed E-state index contributed by atoms with van der Waals surface area (Å²) in [5.74, 6) is 0.981. The van der Waals surface area contributed by atoms with E-state index < -0.39 is 0 Å². The molecule has 0 bridgehead atoms. The summed E-state index contributed by atoms with van der Waals surface area (Å²) in [6, 6.07) is 2.31. The molecule has 0 radical (unpaired) electrons. The number of aryl methyl sites for hydroxylation is 2. The van der Waals surface area contributed by atoms with Gasteiger partial charge in [-0.05, 0) is 39.8 Å². The van der Waals surface area contributed by atoms with E-state index >= 15 is 0 Å². The highest BCUT2D eigenvalue weighted by Crippen LogP contribution is 2.26. The second-order valence-corrected chi connectivity index (χ2v) is 4.82. The van der Waals surface area contributed by atoms with E-state index in [0.29, 0.717) is 0 Å². The van der Waals surface area contributed by atoms with Crippen molar-refractivity contribution >= 4 is 0 Å². The zero-order valence-corrected chi connectivity index (χ0v) is 10.9. The first-order chi connectivity index (χ1) is 8.15. The monoisotopic (exact) mass is 232 g/mol. The van der Waals surface area contributed by atoms with Crippen molar-refractivity contribution in [3.63, 3.8) is 0 Å². The van der Waals surface area contributed by atoms with E-state index in [-0.39, 0.29) is 6.04 Å². The Balaban J connectivity index is 2.31. The van der Waals surface area contributed by atoms with Crippen LogP contribution in [-0.4, -0.2) is 27.5 Å². The fraction of sp³-hybridized carbons (Fsp3) is 0.692. The van der Waals surface area contributed by atoms with Gasteiger partial charge in [-0.3, -0.25) is 4.90 Å². The Morgan fingerprint density at radius 1 is 1.24 bits per heavy atom. The number of hydrogen-bond donors (Lipinski definition) is 0. The number of imidazole rings is 1. The van der Waals surface area contributed by atoms with E-state index in [2.05, 4.69) is 20.5 Å². The summed E-state index contributed by atoms with van der Waals surface area (Å²) in [5.41, 5.74) is 2.05. The van der Waals surface area contributed by atoms with Gasteiger partial charge in [0.25, 0.3) is 0 Å². The normalized spacial score (nSPS) is 18.9. The molecule has 4 nitrogen and oxygen atoms in total. The molecule has 1 aromatic rings. The van der Waals surface area contributed by atoms with Gasteiger partial charge in [0.1, 0.15) is 11.9 Å². The van der Waals surface area contributed by atoms with E-state index in [1.807, 2.05) is 20.9 Å². The molecule has 1 atom stereocenters. The van der Waals surface area contributed by atoms with Crippen molar-refractivity contribution in [1.29, 1.82) is 5.26 Å². The van der Waals surface area contributed by atoms with Crippen molar-refractivity contribution in [2.24, 2.45) is 7.05 Å². The highest BCUT2D eigenvalue weighted by Gasteiger charge is 2.26. The maximum absolute atomic E-state index is 9.46. The van der Waals surface area contributed by atoms with Crippen LogP contribution in [0.5, 0.6) is 0 Å². The first kappa shape index (κ1) is 12.1. The number of aromatic nitrogens is 2. The largest absolute Gasteiger partial charge is 0.333 e. The third kappa shape index (κ3) is 2.20. The van der Waals surface area contributed by atoms with Crippen molar-refractivity contribution in [2.45, 2.75) is 39.2 Å². The fourth-order valence-corrected chi connectivity index (χ4v) is 2.67. The van der Waals surface area contributed by atoms with Crippen molar-refractivity contribution in [3.8, 4) is 6.07 Å². The van der Waals surface area contributed by atoms with Crippen molar-refractivity contribution < 1.29 is 0 Å². The molecule has 1 fully saturated rings. The molecule has 0 saturated carbocycles. The molecule has 2 heterocycles. The highest BCUT2D eigenvalue weighted by molar-refractivity contribution is 5.24. The van der Waals surface area contributed by atoms with E-state index in [4.69, 9.17) is 0 Å². The molecule has 1 saturated heterocycles. The lowest BCUT2D eigenvalue weighted by atomic mass is 10.1. The summed E-state index contributed by atoms with van der Waals surface area (Å²) >= 11 is 0. The molecule has 17 heavy (non-hydrogen) atoms. The van der Waals surface area contributed by atoms with Crippen LogP contribution < -0.4 is 0 Å². The van der Waals surface area contributed by atoms with E-state index in [1.165, 1.54) is 19.3 Å². The maximum Gasteiger partial charge on any atom is 0.140 e. The molecule has 92 valence electrons. The Morgan fingerprint density at radius 3 is 2.35 bits per heavy atom. The summed E-state index contributed by atoms with van der Waals surface area (Å²) in [7, 11) is 2.00. The molecule has 0 N–H and O–H groups in total. The lowest BCUT2D eigenvalue weighted by Gasteiger charge is -2.31. The first-order valence-electron chi connectivity index (χ1n) is 6.28. The van der Waals surface area contributed by atoms with Crippen LogP contribution in [0.25, 0.3) is 0 Å². The van der Waals surface area contributed by atoms with E-state index in [1.54, 1.807) is 0 Å². The summed E-state index contributed by atoms with van der Waals surface area (Å²) in [4.78, 5) is 6.74. The quantitative estimate of drug-likeness (QED) is 0.784. The minimum Gasteiger partial charge on any atom is -0.333 e. The van der Waals surface area contributed by atoms with Gasteiger partial charge in [-0.15, -0.1) is 0 Å². The third-order valence-corrected chi connectivity index (χ3v) is 3.68. The zero-order chi connectivity index (χ0) is 12.4. The average Bonchev–Trinajstić information content (AvgIpc) is 2.58. The molecule has 0 amide bonds. The molecule has 0 aromatic carbocycles. The predicted octanol–water partition coefficient (Wildman–Crippen LogP) is 2.09. The Labute approximate surface area is 103 Å². The van der Waals surface area contributed by atoms with Gasteiger partial charge in [0.05, 0.1) is 17.5 Å². The lowest BCUT2D eigenvalue weighted by Crippen LogP contribution is -2.34. The fourth-order valence-electron chi connectivity index (χ4n) is 2.67. The molecule has 0 aliphatic carbocycles. The second-order valence-electron chi connectivity index (χ2n) is 4.82. The third-order valence-electron chi connectivity index (χ3n) is 3.68. The standard InChI is InChI=1S/C13H20N4/c1-10-13(16(3)11(2)15-10)12(9-14)17-7-5-4-6-8-17/h12H,4-8H2,1-3H3. The maximum atomic E-state index is 9.46. The van der Waals surface area contributed by atoms with E-state index in [9.17, 15) is 5.26 Å². The molecule has 2 rings (SSSR count). The smallest absolute Gasteiger partial charge is 0.140 e. The number of nitrogens with zero attached hydrogens (tertiary/aromatic N) is 4. The lowest BCUT2D eigenvalue weighted by molar-refractivity contribution is 0.191. The second kappa shape index (κ2) is 4.89. The van der Waals surface area contributed by atoms with Crippen LogP contribution in [0.15, 0.2) is 0 Å². The molecular weight excluding hydrogens is 212 g/mol. The number of nitriles is 1. The summed E-state index contributed by atoms with van der Waals surface area (Å²) < 4.78 is 2.05. The Kier molecular flexibility index (Phi) is 3.49. The number of likely N-dealkylation sites (tertiary alicyclic amines) is 1. The van der Waals surface area contributed by atoms with Crippen LogP contribution >= 0.6 is 0 Å². The van der Waals surface area contributed by atoms with E-state index in [0.717, 1.165) is 30.3 Å². The van der Waals surface area contributed by atoms with Gasteiger partial charge in [-0.1, -0.05) is 6.42 Å². The molecular formula is C13H20N4. The van der Waals surface area contributed by atoms with Gasteiger partial charge in [0.15, 0.2) is 0 Å². The number of hydrogen-bond acceptors (Lipinski definition) is 3. The van der Waals surface area contributed by atoms with Gasteiger partial charge < -0.3 is 4.57 Å². The zero-order valence-electron chi connectivity index (χ0n) is 10.9. The van der Waals surface area contributed by atoms with Gasteiger partial charge in [-0.25, -0.2) is 4.98 Å². The van der Waals surface area contributed by atoms with Crippen LogP contribution in [0, 0.1) is 25.2 Å². The summed E-state index contributed by atoms with van der Waals surface area (Å²) in [6.07, 6.45) is 3.69. The van der Waals surface area contributed by atoms with Crippen LogP contribution in [0.4, 0.5) is 0 Å². The number of rotatable bonds is 2. The number of piperidine rings is 1. The van der Waals surface area contributed by atoms with Crippen molar-refractivity contribution in [3.05, 3.63) is 17.2 Å². The summed E-state index contributed by atoms with van der Waals surface area (Å²) in [5, 5.41) is 9.46. The van der Waals surface area contributed by atoms with Gasteiger partial charge in [0, 0.05) is 7.05 Å². The van der Waals surface area contributed by atoms with Crippen LogP contribution in [0.1, 0.15) is 42.5 Å². The molecule has 1 aliphatic rings. The SMILES string of the molecule is Cc1nc(C)n(C)c1C(C#N)N1CCCCC1. The predicted molar refractivity (Wildman–Crippen MR) is 66.5 cm³/mol. The Hall–Kier alpha value is -1.34. The van der Waals surface area contributed by atoms with Gasteiger partial charge >= 0.3 is 0 Å². The summed E-state index contributed by atoms with van der Waals surface area (Å²) in [6.45, 7) is 6.04. The van der Waals surface area contributed by atoms with Crippen molar-refractivity contribution in [2.75, 3.05) is 13.1 Å². The van der Waals surface area contributed by atoms with Gasteiger partial charge in [0.2, 0.25) is 0 Å². The topological polar surface area (TPSA) is 44.9 Å². The van der Waals surface area contributed by atoms with Crippen LogP contribution in [0.2, 0.25) is 0 Å². The van der Waals surface area contributed by atoms with Crippen LogP contribution in [0.3, 0.4) is 0 Å². The highest BCUT2D eigenvalue weighted by atomic mass is 15.2. The Morgan fingerprint density at radius 2 is 1.88 bits per heavy atom. The molecule has 0 spiro atoms. The van der Waals surface area contributed by atoms with Crippen LogP contribution in [-0.2, 0) is 7.05 Å². The minimum absolute atomic E-state index is 0.138. The Bertz CT molecular complexity index is 435. The molecule has 1 aromatic heterocycles. The van der Waals surface area contributed by atoms with Crippen molar-refractivity contribution in [1.82, 2.24) is 14.5 Å². The average molecular weight is 232 g/mol. The van der Waals surface area contributed by atoms with Gasteiger partial charge in [-0.2, -0.15) is 5.26 Å². The molecule has 4 heteroatoms. The molecule has 1 unspecified atom stereocenters. The first-order valence-corrected chi connectivity index (χ1v) is 6.28.